The molecule has 0 atom stereocenters. The molecule has 0 bridgehead atoms. The van der Waals surface area contributed by atoms with Crippen LogP contribution in [-0.4, -0.2) is 48.2 Å². The average Bonchev–Trinajstić information content (AvgIpc) is 1.54. The molecule has 8 aromatic heterocycles. The Balaban J connectivity index is 0.000000141. The van der Waals surface area contributed by atoms with Crippen molar-refractivity contribution in [2.75, 3.05) is 0 Å². The van der Waals surface area contributed by atoms with Crippen LogP contribution in [0, 0.1) is 0 Å². The Bertz CT molecular complexity index is 10500. The lowest BCUT2D eigenvalue weighted by molar-refractivity contribution is 0.673. The summed E-state index contributed by atoms with van der Waals surface area (Å²) in [7, 11) is 0. The second-order valence-corrected chi connectivity index (χ2v) is 38.1. The molecule has 30 rings (SSSR count). The first-order valence-corrected chi connectivity index (χ1v) is 50.7. The summed E-state index contributed by atoms with van der Waals surface area (Å²) in [5, 5.41) is 13.2. The number of para-hydroxylation sites is 8. The number of hydrogen-bond acceptors (Lipinski definition) is 8. The molecule has 22 aromatic carbocycles. The van der Waals surface area contributed by atoms with E-state index >= 15 is 0 Å². The summed E-state index contributed by atoms with van der Waals surface area (Å²) in [6.07, 6.45) is 0. The maximum absolute atomic E-state index is 7.54. The van der Waals surface area contributed by atoms with E-state index in [1.54, 1.807) is 0 Å². The molecule has 30 aromatic rings. The van der Waals surface area contributed by atoms with Gasteiger partial charge in [0.25, 0.3) is 0 Å². The minimum Gasteiger partial charge on any atom is -0.452 e. The van der Waals surface area contributed by atoms with Gasteiger partial charge in [-0.1, -0.05) is 431 Å². The topological polar surface area (TPSA) is 123 Å². The van der Waals surface area contributed by atoms with Gasteiger partial charge in [-0.2, -0.15) is 0 Å². The predicted molar refractivity (Wildman–Crippen MR) is 617 cm³/mol. The molecule has 0 aliphatic carbocycles. The molecule has 0 aliphatic heterocycles. The average molecular weight is 1920 g/mol. The fraction of sp³-hybridized carbons (Fsp3) is 0. The van der Waals surface area contributed by atoms with Gasteiger partial charge in [0.05, 0.1) is 66.9 Å². The predicted octanol–water partition coefficient (Wildman–Crippen LogP) is 35.9. The highest BCUT2D eigenvalue weighted by molar-refractivity contribution is 6.29. The van der Waals surface area contributed by atoms with Crippen LogP contribution < -0.4 is 0 Å². The van der Waals surface area contributed by atoms with Gasteiger partial charge in [-0.3, -0.25) is 0 Å². The lowest BCUT2D eigenvalue weighted by atomic mass is 9.98. The second kappa shape index (κ2) is 35.9. The molecular formula is C138H86N10O2. The lowest BCUT2D eigenvalue weighted by Crippen LogP contribution is -2.04. The summed E-state index contributed by atoms with van der Waals surface area (Å²) in [6.45, 7) is 0. The van der Waals surface area contributed by atoms with Crippen molar-refractivity contribution in [2.24, 2.45) is 0 Å². The van der Waals surface area contributed by atoms with E-state index in [1.165, 1.54) is 10.8 Å². The third-order valence-corrected chi connectivity index (χ3v) is 29.6. The fourth-order valence-corrected chi connectivity index (χ4v) is 22.9. The third-order valence-electron chi connectivity index (χ3n) is 29.6. The Kier molecular flexibility index (Phi) is 20.7. The summed E-state index contributed by atoms with van der Waals surface area (Å²) >= 11 is 0. The van der Waals surface area contributed by atoms with Crippen LogP contribution in [0.2, 0.25) is 0 Å². The number of rotatable bonds is 16. The van der Waals surface area contributed by atoms with Crippen LogP contribution in [0.1, 0.15) is 0 Å². The molecule has 0 saturated carbocycles. The first-order valence-electron chi connectivity index (χ1n) is 50.7. The number of furan rings is 2. The van der Waals surface area contributed by atoms with E-state index in [1.807, 2.05) is 24.3 Å². The number of fused-ring (bicyclic) bond motifs is 22. The smallest absolute Gasteiger partial charge is 0.166 e. The first-order chi connectivity index (χ1) is 74.5. The van der Waals surface area contributed by atoms with Crippen LogP contribution in [0.4, 0.5) is 0 Å². The van der Waals surface area contributed by atoms with Gasteiger partial charge in [-0.15, -0.1) is 0 Å². The van der Waals surface area contributed by atoms with Gasteiger partial charge in [0.15, 0.2) is 57.3 Å². The van der Waals surface area contributed by atoms with Gasteiger partial charge >= 0.3 is 0 Å². The maximum atomic E-state index is 7.54. The Labute approximate surface area is 861 Å². The molecule has 0 saturated heterocycles. The number of hydrogen-bond donors (Lipinski definition) is 0. The molecule has 12 heteroatoms. The summed E-state index contributed by atoms with van der Waals surface area (Å²) < 4.78 is 24.6. The molecule has 0 fully saturated rings. The maximum Gasteiger partial charge on any atom is 0.166 e. The van der Waals surface area contributed by atoms with Crippen molar-refractivity contribution in [3.63, 3.8) is 0 Å². The monoisotopic (exact) mass is 1910 g/mol. The highest BCUT2D eigenvalue weighted by atomic mass is 16.3. The summed E-state index contributed by atoms with van der Waals surface area (Å²) in [5.41, 5.74) is 34.1. The number of benzene rings is 22. The molecule has 0 N–H and O–H groups in total. The first kappa shape index (κ1) is 86.3. The summed E-state index contributed by atoms with van der Waals surface area (Å²) in [6, 6.07) is 184. The normalized spacial score (nSPS) is 11.7. The quantitative estimate of drug-likeness (QED) is 0.0937. The standard InChI is InChI=1S/2C69H43N5O/c1-4-22-44(23-5-1)47-28-10-12-33-56(47)67-70-68(57-34-13-11-29-48(57)45-24-6-2-7-25-45)72-69(71-67)58-35-17-21-39-62(58)74-61-38-20-16-32-51(61)53-41-43-55-54-42-40-52-50-31-15-19-37-60(50)73(63(52)65(54)75-66(55)64(53)74)59-36-18-14-30-49(59)46-26-8-3-9-27-46;1-4-21-44(22-5-1)47-27-20-28-48(43-47)67-70-68(57-33-11-10-29-49(57)45-23-6-2-7-24-45)72-69(71-67)58-34-15-19-38-62(58)74-61-37-18-14-32-52(61)54-40-42-56-55-41-39-53-51-31-13-17-36-60(51)73(63(53)65(55)75-66(56)64(54)74)59-35-16-12-30-50(59)46-25-8-3-9-26-46/h2*1-43H. The minimum absolute atomic E-state index is 0.558. The molecule has 0 radical (unpaired) electrons. The van der Waals surface area contributed by atoms with Crippen molar-refractivity contribution in [3.8, 4) is 158 Å². The molecule has 12 nitrogen and oxygen atoms in total. The van der Waals surface area contributed by atoms with Crippen LogP contribution >= 0.6 is 0 Å². The van der Waals surface area contributed by atoms with Crippen molar-refractivity contribution in [2.45, 2.75) is 0 Å². The Morgan fingerprint density at radius 2 is 0.327 bits per heavy atom. The third kappa shape index (κ3) is 14.3. The zero-order valence-corrected chi connectivity index (χ0v) is 80.9. The van der Waals surface area contributed by atoms with E-state index in [9.17, 15) is 0 Å². The van der Waals surface area contributed by atoms with Crippen molar-refractivity contribution >= 4 is 131 Å². The Morgan fingerprint density at radius 3 is 0.627 bits per heavy atom. The molecule has 0 unspecified atom stereocenters. The highest BCUT2D eigenvalue weighted by Gasteiger charge is 2.31. The van der Waals surface area contributed by atoms with Gasteiger partial charge in [0.2, 0.25) is 0 Å². The zero-order chi connectivity index (χ0) is 98.8. The van der Waals surface area contributed by atoms with E-state index in [2.05, 4.69) is 516 Å². The SMILES string of the molecule is c1ccc(-c2cccc(-c3nc(-c4ccccc4-c4ccccc4)nc(-c4ccccc4-n4c5ccccc5c5ccc6c7ccc8c9ccccc9n(-c9ccccc9-c9ccccc9)c8c7oc6c54)n3)c2)cc1.c1ccc(-c2ccccc2-c2nc(-c3ccccc3-c3ccccc3)nc(-c3ccccc3-n3c4ccccc4c4ccc5c6ccc7c8ccccc8n(-c8ccccc8-c8ccccc8)c7c6oc5c43)n2)cc1. The van der Waals surface area contributed by atoms with Gasteiger partial charge in [0.1, 0.15) is 0 Å². The van der Waals surface area contributed by atoms with Crippen LogP contribution in [0.3, 0.4) is 0 Å². The van der Waals surface area contributed by atoms with Gasteiger partial charge in [0, 0.05) is 109 Å². The van der Waals surface area contributed by atoms with Crippen LogP contribution in [0.15, 0.2) is 531 Å². The minimum atomic E-state index is 0.558. The molecule has 0 amide bonds. The van der Waals surface area contributed by atoms with Crippen LogP contribution in [0.25, 0.3) is 289 Å². The summed E-state index contributed by atoms with van der Waals surface area (Å²) in [5.74, 6) is 3.46. The van der Waals surface area contributed by atoms with Gasteiger partial charge in [-0.05, 0) is 147 Å². The lowest BCUT2D eigenvalue weighted by Gasteiger charge is -2.16. The van der Waals surface area contributed by atoms with Crippen molar-refractivity contribution in [1.29, 1.82) is 0 Å². The molecule has 8 heterocycles. The van der Waals surface area contributed by atoms with E-state index in [0.29, 0.717) is 34.9 Å². The van der Waals surface area contributed by atoms with Crippen molar-refractivity contribution in [1.82, 2.24) is 48.2 Å². The molecular weight excluding hydrogens is 1830 g/mol. The number of aromatic nitrogens is 10. The van der Waals surface area contributed by atoms with Gasteiger partial charge < -0.3 is 27.1 Å². The van der Waals surface area contributed by atoms with E-state index in [-0.39, 0.29) is 0 Å². The second-order valence-electron chi connectivity index (χ2n) is 38.1. The van der Waals surface area contributed by atoms with E-state index < -0.39 is 0 Å². The zero-order valence-electron chi connectivity index (χ0n) is 80.9. The van der Waals surface area contributed by atoms with Crippen LogP contribution in [-0.2, 0) is 0 Å². The van der Waals surface area contributed by atoms with Crippen molar-refractivity contribution in [3.05, 3.63) is 522 Å². The molecule has 0 aliphatic rings. The highest BCUT2D eigenvalue weighted by Crippen LogP contribution is 2.51. The molecule has 150 heavy (non-hydrogen) atoms. The van der Waals surface area contributed by atoms with Crippen LogP contribution in [0.5, 0.6) is 0 Å². The fourth-order valence-electron chi connectivity index (χ4n) is 22.9. The summed E-state index contributed by atoms with van der Waals surface area (Å²) in [4.78, 5) is 32.5. The Hall–Kier alpha value is -20.3. The Morgan fingerprint density at radius 1 is 0.127 bits per heavy atom. The van der Waals surface area contributed by atoms with E-state index in [0.717, 1.165) is 243 Å². The number of nitrogens with zero attached hydrogens (tertiary/aromatic N) is 10. The molecule has 700 valence electrons. The van der Waals surface area contributed by atoms with Gasteiger partial charge in [-0.25, -0.2) is 29.9 Å². The molecule has 0 spiro atoms. The van der Waals surface area contributed by atoms with Crippen molar-refractivity contribution < 1.29 is 8.83 Å². The largest absolute Gasteiger partial charge is 0.452 e. The van der Waals surface area contributed by atoms with E-state index in [4.69, 9.17) is 38.7 Å².